The van der Waals surface area contributed by atoms with Gasteiger partial charge in [-0.05, 0) is 62.2 Å². The van der Waals surface area contributed by atoms with Crippen LogP contribution in [0.4, 0.5) is 0 Å². The first-order valence-electron chi connectivity index (χ1n) is 10.5. The number of H-pyrrole nitrogens is 2. The summed E-state index contributed by atoms with van der Waals surface area (Å²) in [6, 6.07) is 11.6. The van der Waals surface area contributed by atoms with E-state index in [0.717, 1.165) is 65.4 Å². The number of benzene rings is 2. The zero-order valence-electron chi connectivity index (χ0n) is 16.9. The van der Waals surface area contributed by atoms with Gasteiger partial charge in [0.2, 0.25) is 0 Å². The molecule has 0 spiro atoms. The molecular weight excluding hydrogens is 482 g/mol. The number of nitrogens with zero attached hydrogens (tertiary/aromatic N) is 3. The highest BCUT2D eigenvalue weighted by Gasteiger charge is 2.23. The van der Waals surface area contributed by atoms with Crippen LogP contribution in [0, 0.1) is 0 Å². The summed E-state index contributed by atoms with van der Waals surface area (Å²) in [6.07, 6.45) is 2.76. The lowest BCUT2D eigenvalue weighted by Crippen LogP contribution is -2.37. The lowest BCUT2D eigenvalue weighted by atomic mass is 10.0. The number of hydrogen-bond donors (Lipinski definition) is 2. The van der Waals surface area contributed by atoms with E-state index in [2.05, 4.69) is 30.8 Å². The molecule has 0 unspecified atom stereocenters. The molecule has 162 valence electrons. The number of halogens is 2. The molecule has 5 rings (SSSR count). The lowest BCUT2D eigenvalue weighted by Gasteiger charge is -2.32. The molecule has 1 aliphatic heterocycles. The van der Waals surface area contributed by atoms with Gasteiger partial charge in [0, 0.05) is 35.2 Å². The maximum Gasteiger partial charge on any atom is 0.326 e. The van der Waals surface area contributed by atoms with E-state index in [9.17, 15) is 9.59 Å². The average molecular weight is 505 g/mol. The largest absolute Gasteiger partial charge is 0.326 e. The minimum Gasteiger partial charge on any atom is -0.305 e. The SMILES string of the molecule is O=c1[nH]c2cc(Br)ccc2n1CCCN1CCC(n2c(=O)[nH]c3cc(Cl)ccc32)CC1. The molecule has 1 fully saturated rings. The van der Waals surface area contributed by atoms with Crippen LogP contribution in [0.2, 0.25) is 5.02 Å². The van der Waals surface area contributed by atoms with Crippen molar-refractivity contribution in [3.05, 3.63) is 66.9 Å². The summed E-state index contributed by atoms with van der Waals surface area (Å²) in [6.45, 7) is 3.49. The predicted octanol–water partition coefficient (Wildman–Crippen LogP) is 4.12. The van der Waals surface area contributed by atoms with Crippen molar-refractivity contribution in [3.8, 4) is 0 Å². The van der Waals surface area contributed by atoms with Gasteiger partial charge < -0.3 is 14.9 Å². The van der Waals surface area contributed by atoms with Gasteiger partial charge in [-0.25, -0.2) is 9.59 Å². The maximum atomic E-state index is 12.5. The fourth-order valence-corrected chi connectivity index (χ4v) is 5.21. The van der Waals surface area contributed by atoms with Crippen molar-refractivity contribution in [1.82, 2.24) is 24.0 Å². The van der Waals surface area contributed by atoms with Gasteiger partial charge in [-0.3, -0.25) is 9.13 Å². The van der Waals surface area contributed by atoms with E-state index < -0.39 is 0 Å². The van der Waals surface area contributed by atoms with E-state index in [-0.39, 0.29) is 17.4 Å². The molecule has 0 aliphatic carbocycles. The van der Waals surface area contributed by atoms with Crippen molar-refractivity contribution in [2.24, 2.45) is 0 Å². The summed E-state index contributed by atoms with van der Waals surface area (Å²) in [5, 5.41) is 0.623. The molecule has 2 aromatic heterocycles. The molecule has 1 aliphatic rings. The molecule has 0 radical (unpaired) electrons. The van der Waals surface area contributed by atoms with Crippen molar-refractivity contribution in [2.75, 3.05) is 19.6 Å². The molecule has 0 saturated carbocycles. The number of imidazole rings is 2. The van der Waals surface area contributed by atoms with Gasteiger partial charge in [0.15, 0.2) is 0 Å². The fourth-order valence-electron chi connectivity index (χ4n) is 4.68. The van der Waals surface area contributed by atoms with Crippen LogP contribution >= 0.6 is 27.5 Å². The van der Waals surface area contributed by atoms with Crippen molar-refractivity contribution in [3.63, 3.8) is 0 Å². The molecule has 1 saturated heterocycles. The first kappa shape index (κ1) is 20.6. The second-order valence-corrected chi connectivity index (χ2v) is 9.48. The number of aryl methyl sites for hydroxylation is 1. The number of fused-ring (bicyclic) bond motifs is 2. The highest BCUT2D eigenvalue weighted by Crippen LogP contribution is 2.26. The summed E-state index contributed by atoms with van der Waals surface area (Å²) >= 11 is 9.50. The van der Waals surface area contributed by atoms with Crippen molar-refractivity contribution >= 4 is 49.6 Å². The van der Waals surface area contributed by atoms with Gasteiger partial charge in [0.1, 0.15) is 0 Å². The normalized spacial score (nSPS) is 15.9. The molecule has 9 heteroatoms. The Balaban J connectivity index is 1.21. The fraction of sp³-hybridized carbons (Fsp3) is 0.364. The quantitative estimate of drug-likeness (QED) is 0.429. The van der Waals surface area contributed by atoms with Crippen molar-refractivity contribution in [2.45, 2.75) is 31.8 Å². The van der Waals surface area contributed by atoms with E-state index in [0.29, 0.717) is 11.6 Å². The molecule has 7 nitrogen and oxygen atoms in total. The van der Waals surface area contributed by atoms with Crippen LogP contribution in [-0.4, -0.2) is 43.6 Å². The number of hydrogen-bond acceptors (Lipinski definition) is 3. The molecule has 0 bridgehead atoms. The molecule has 2 N–H and O–H groups in total. The highest BCUT2D eigenvalue weighted by atomic mass is 79.9. The second-order valence-electron chi connectivity index (χ2n) is 8.13. The van der Waals surface area contributed by atoms with Gasteiger partial charge in [-0.2, -0.15) is 0 Å². The monoisotopic (exact) mass is 503 g/mol. The van der Waals surface area contributed by atoms with Crippen LogP contribution in [-0.2, 0) is 6.54 Å². The van der Waals surface area contributed by atoms with E-state index in [1.54, 1.807) is 6.07 Å². The van der Waals surface area contributed by atoms with Crippen molar-refractivity contribution < 1.29 is 0 Å². The Bertz CT molecular complexity index is 1360. The Morgan fingerprint density at radius 1 is 0.935 bits per heavy atom. The van der Waals surface area contributed by atoms with Crippen LogP contribution in [0.3, 0.4) is 0 Å². The third-order valence-corrected chi connectivity index (χ3v) is 6.92. The second kappa shape index (κ2) is 8.33. The first-order chi connectivity index (χ1) is 15.0. The van der Waals surface area contributed by atoms with E-state index >= 15 is 0 Å². The molecule has 31 heavy (non-hydrogen) atoms. The lowest BCUT2D eigenvalue weighted by molar-refractivity contribution is 0.183. The minimum atomic E-state index is -0.0685. The molecule has 4 aromatic rings. The van der Waals surface area contributed by atoms with Gasteiger partial charge in [0.25, 0.3) is 0 Å². The molecular formula is C22H23BrClN5O2. The van der Waals surface area contributed by atoms with Crippen LogP contribution in [0.15, 0.2) is 50.5 Å². The minimum absolute atomic E-state index is 0.0642. The Kier molecular flexibility index (Phi) is 5.54. The van der Waals surface area contributed by atoms with E-state index in [1.807, 2.05) is 39.5 Å². The summed E-state index contributed by atoms with van der Waals surface area (Å²) in [5.74, 6) is 0. The number of rotatable bonds is 5. The van der Waals surface area contributed by atoms with Gasteiger partial charge in [0.05, 0.1) is 22.1 Å². The molecule has 2 aromatic carbocycles. The van der Waals surface area contributed by atoms with Crippen molar-refractivity contribution in [1.29, 1.82) is 0 Å². The average Bonchev–Trinajstić information content (AvgIpc) is 3.23. The summed E-state index contributed by atoms with van der Waals surface area (Å²) in [4.78, 5) is 33.1. The Hall–Kier alpha value is -2.29. The van der Waals surface area contributed by atoms with Crippen LogP contribution < -0.4 is 11.4 Å². The number of likely N-dealkylation sites (tertiary alicyclic amines) is 1. The van der Waals surface area contributed by atoms with E-state index in [1.165, 1.54) is 0 Å². The zero-order valence-corrected chi connectivity index (χ0v) is 19.2. The maximum absolute atomic E-state index is 12.5. The van der Waals surface area contributed by atoms with E-state index in [4.69, 9.17) is 11.6 Å². The molecule has 3 heterocycles. The summed E-state index contributed by atoms with van der Waals surface area (Å²) in [7, 11) is 0. The van der Waals surface area contributed by atoms with Crippen LogP contribution in [0.5, 0.6) is 0 Å². The van der Waals surface area contributed by atoms with Crippen LogP contribution in [0.25, 0.3) is 22.1 Å². The Labute approximate surface area is 191 Å². The third kappa shape index (κ3) is 4.00. The summed E-state index contributed by atoms with van der Waals surface area (Å²) in [5.41, 5.74) is 3.36. The van der Waals surface area contributed by atoms with Gasteiger partial charge in [-0.1, -0.05) is 27.5 Å². The zero-order chi connectivity index (χ0) is 21.5. The van der Waals surface area contributed by atoms with Gasteiger partial charge in [-0.15, -0.1) is 0 Å². The number of piperidine rings is 1. The number of aromatic amines is 2. The Morgan fingerprint density at radius 2 is 1.65 bits per heavy atom. The first-order valence-corrected chi connectivity index (χ1v) is 11.7. The highest BCUT2D eigenvalue weighted by molar-refractivity contribution is 9.10. The smallest absolute Gasteiger partial charge is 0.305 e. The standard InChI is InChI=1S/C22H23BrClN5O2/c23-14-2-4-19-17(12-14)25-21(30)28(19)9-1-8-27-10-6-16(7-11-27)29-20-5-3-15(24)13-18(20)26-22(29)31/h2-5,12-13,16H,1,6-11H2,(H,25,30)(H,26,31). The molecule has 0 amide bonds. The number of aromatic nitrogens is 4. The predicted molar refractivity (Wildman–Crippen MR) is 127 cm³/mol. The number of nitrogens with one attached hydrogen (secondary N) is 2. The van der Waals surface area contributed by atoms with Gasteiger partial charge >= 0.3 is 11.4 Å². The third-order valence-electron chi connectivity index (χ3n) is 6.19. The summed E-state index contributed by atoms with van der Waals surface area (Å²) < 4.78 is 4.64. The Morgan fingerprint density at radius 3 is 2.45 bits per heavy atom. The molecule has 0 atom stereocenters. The van der Waals surface area contributed by atoms with Crippen LogP contribution in [0.1, 0.15) is 25.3 Å². The topological polar surface area (TPSA) is 78.8 Å².